The molecule has 0 aromatic rings. The summed E-state index contributed by atoms with van der Waals surface area (Å²) in [5.74, 6) is 0. The van der Waals surface area contributed by atoms with Crippen molar-refractivity contribution in [3.8, 4) is 0 Å². The molecule has 0 aromatic carbocycles. The summed E-state index contributed by atoms with van der Waals surface area (Å²) in [5, 5.41) is 0. The van der Waals surface area contributed by atoms with E-state index in [4.69, 9.17) is 139 Å². The van der Waals surface area contributed by atoms with Crippen LogP contribution in [-0.2, 0) is 128 Å². The molecular weight excluding hydrogens is 2260 g/mol. The highest BCUT2D eigenvalue weighted by Crippen LogP contribution is 2.40. The maximum atomic E-state index is 7.05. The van der Waals surface area contributed by atoms with Crippen molar-refractivity contribution in [1.82, 2.24) is 0 Å². The second kappa shape index (κ2) is 48.7. The Morgan fingerprint density at radius 3 is 0.200 bits per heavy atom. The maximum Gasteiger partial charge on any atom is 0.314 e. The first-order valence-corrected chi connectivity index (χ1v) is 139. The summed E-state index contributed by atoms with van der Waals surface area (Å²) < 4.78 is 216. The second-order valence-electron chi connectivity index (χ2n) is 50.5. The molecule has 0 aliphatic carbocycles. The molecule has 0 amide bonds. The molecule has 65 heteroatoms. The topological polar surface area (TPSA) is 338 Å². The molecule has 812 valence electrons. The minimum atomic E-state index is -2.95. The van der Waals surface area contributed by atoms with Crippen molar-refractivity contribution in [2.75, 3.05) is 13.1 Å². The second-order valence-corrected chi connectivity index (χ2v) is 168. The Balaban J connectivity index is 5.99. The lowest BCUT2D eigenvalue weighted by molar-refractivity contribution is 0.242. The first-order chi connectivity index (χ1) is 58.0. The normalized spacial score (nSPS) is 16.1. The van der Waals surface area contributed by atoms with Crippen LogP contribution in [0, 0.1) is 0 Å². The van der Waals surface area contributed by atoms with Gasteiger partial charge in [-0.3, -0.25) is 0 Å². The van der Waals surface area contributed by atoms with Crippen LogP contribution >= 0.6 is 0 Å². The molecule has 0 aromatic heterocycles. The molecule has 0 aliphatic rings. The Morgan fingerprint density at radius 2 is 0.148 bits per heavy atom. The highest BCUT2D eigenvalue weighted by molar-refractivity contribution is 7.00. The molecule has 0 heterocycles. The smallest absolute Gasteiger partial charge is 0.314 e. The molecule has 0 radical (unpaired) electrons. The van der Waals surface area contributed by atoms with Crippen LogP contribution in [0.2, 0.25) is 431 Å². The van der Waals surface area contributed by atoms with Crippen molar-refractivity contribution in [1.29, 1.82) is 0 Å². The van der Waals surface area contributed by atoms with Gasteiger partial charge < -0.3 is 139 Å². The zero-order valence-corrected chi connectivity index (χ0v) is 130. The van der Waals surface area contributed by atoms with Crippen LogP contribution in [-0.4, -0.2) is 287 Å². The zero-order chi connectivity index (χ0) is 108. The number of rotatable bonds is 68. The fourth-order valence-electron chi connectivity index (χ4n) is 20.3. The van der Waals surface area contributed by atoms with Gasteiger partial charge in [-0.2, -0.15) is 0 Å². The molecule has 33 nitrogen and oxygen atoms in total. The molecule has 0 saturated heterocycles. The van der Waals surface area contributed by atoms with Crippen LogP contribution in [0.5, 0.6) is 0 Å². The van der Waals surface area contributed by atoms with E-state index in [1.807, 2.05) is 0 Å². The first-order valence-electron chi connectivity index (χ1n) is 48.2. The van der Waals surface area contributed by atoms with E-state index in [0.717, 1.165) is 24.9 Å². The van der Waals surface area contributed by atoms with E-state index in [0.29, 0.717) is 13.1 Å². The third-order valence-electron chi connectivity index (χ3n) is 17.3. The van der Waals surface area contributed by atoms with Gasteiger partial charge in [-0.05, 0) is 457 Å². The zero-order valence-electron chi connectivity index (χ0n) is 98.1. The molecule has 135 heavy (non-hydrogen) atoms. The fraction of sp³-hybridized carbons (Fsp3) is 1.00. The Bertz CT molecular complexity index is 3300. The molecule has 0 spiro atoms. The van der Waals surface area contributed by atoms with Crippen LogP contribution in [0.25, 0.3) is 0 Å². The van der Waals surface area contributed by atoms with Gasteiger partial charge in [0.1, 0.15) is 0 Å². The standard InChI is InChI=1S/C70H208N2O31Si32/c1-104(2,69-65-67-71)73-106(5,6)75-108(9,10)77-110(13,14)79-112(17,18)81-114(21,22)83-116(25,26)85-118(29,30)87-120(33,34)89-122(37,38)91-124(41,42)93-126(45,46)95-128(49,50)97-130(53,54)99-132(57,58)101-134(61,62)103-135(63,64)102-133(59,60)100-131(55,56)98-129(51,52)96-127(47,48)94-125(43,44)92-123(39,40)90-121(35,36)88-119(31,32)86-117(27,28)84-115(23,24)82-113(19,20)80-111(15,16)78-109(11,12)76-107(7,8)74-105(3,4)70-66-68-72/h65-72H2,1-64H3. The van der Waals surface area contributed by atoms with Crippen molar-refractivity contribution in [2.45, 2.75) is 444 Å². The summed E-state index contributed by atoms with van der Waals surface area (Å²) in [6.45, 7) is 134. The minimum absolute atomic E-state index is 0.653. The van der Waals surface area contributed by atoms with Gasteiger partial charge in [-0.1, -0.05) is 0 Å². The van der Waals surface area contributed by atoms with Crippen LogP contribution < -0.4 is 11.5 Å². The van der Waals surface area contributed by atoms with E-state index < -0.39 is 273 Å². The van der Waals surface area contributed by atoms with Crippen LogP contribution in [0.4, 0.5) is 0 Å². The lowest BCUT2D eigenvalue weighted by Gasteiger charge is -2.45. The van der Waals surface area contributed by atoms with Crippen molar-refractivity contribution in [3.05, 3.63) is 0 Å². The molecule has 0 bridgehead atoms. The van der Waals surface area contributed by atoms with Gasteiger partial charge in [0.2, 0.25) is 0 Å². The number of nitrogens with two attached hydrogens (primary N) is 2. The van der Waals surface area contributed by atoms with Gasteiger partial charge in [0.15, 0.2) is 16.6 Å². The van der Waals surface area contributed by atoms with Crippen molar-refractivity contribution >= 4 is 273 Å². The van der Waals surface area contributed by atoms with Crippen LogP contribution in [0.3, 0.4) is 0 Å². The molecule has 0 aliphatic heterocycles. The van der Waals surface area contributed by atoms with Crippen molar-refractivity contribution in [3.63, 3.8) is 0 Å². The summed E-state index contributed by atoms with van der Waals surface area (Å²) >= 11 is 0. The van der Waals surface area contributed by atoms with Gasteiger partial charge in [0.05, 0.1) is 0 Å². The van der Waals surface area contributed by atoms with Gasteiger partial charge in [-0.15, -0.1) is 0 Å². The van der Waals surface area contributed by atoms with Crippen molar-refractivity contribution in [2.24, 2.45) is 11.5 Å². The van der Waals surface area contributed by atoms with E-state index in [2.05, 4.69) is 419 Å². The summed E-state index contributed by atoms with van der Waals surface area (Å²) in [6.07, 6.45) is 1.89. The van der Waals surface area contributed by atoms with Gasteiger partial charge in [-0.25, -0.2) is 0 Å². The summed E-state index contributed by atoms with van der Waals surface area (Å²) in [6, 6.07) is 1.98. The SMILES string of the molecule is C[Si](C)(CCCN)O[Si](C)(C)O[Si](C)(C)O[Si](C)(C)O[Si](C)(C)O[Si](C)(C)O[Si](C)(C)O[Si](C)(C)O[Si](C)(C)O[Si](C)(C)O[Si](C)(C)O[Si](C)(C)O[Si](C)(C)O[Si](C)(C)O[Si](C)(C)O[Si](C)(C)O[Si](C)(C)O[Si](C)(C)O[Si](C)(C)O[Si](C)(C)O[Si](C)(C)O[Si](C)(C)O[Si](C)(C)O[Si](C)(C)O[Si](C)(C)O[Si](C)(C)O[Si](C)(C)O[Si](C)(C)O[Si](C)(C)O[Si](C)(C)O[Si](C)(C)O[Si](C)(C)CCCN. The lowest BCUT2D eigenvalue weighted by Crippen LogP contribution is -2.63. The van der Waals surface area contributed by atoms with Gasteiger partial charge in [0, 0.05) is 0 Å². The Hall–Kier alpha value is 5.62. The fourth-order valence-corrected chi connectivity index (χ4v) is 187. The molecular formula is C70H208N2O31Si32. The highest BCUT2D eigenvalue weighted by atomic mass is 28.6. The molecule has 0 saturated carbocycles. The minimum Gasteiger partial charge on any atom is -0.436 e. The van der Waals surface area contributed by atoms with E-state index in [9.17, 15) is 0 Å². The monoisotopic (exact) mass is 2470 g/mol. The predicted molar refractivity (Wildman–Crippen MR) is 630 cm³/mol. The quantitative estimate of drug-likeness (QED) is 0.0534. The molecule has 0 unspecified atom stereocenters. The molecule has 4 N–H and O–H groups in total. The number of hydrogen-bond acceptors (Lipinski definition) is 33. The lowest BCUT2D eigenvalue weighted by atomic mass is 10.5. The summed E-state index contributed by atoms with van der Waals surface area (Å²) in [4.78, 5) is 0. The van der Waals surface area contributed by atoms with E-state index >= 15 is 0 Å². The Kier molecular flexibility index (Phi) is 50.8. The summed E-state index contributed by atoms with van der Waals surface area (Å²) in [5.41, 5.74) is 11.7. The summed E-state index contributed by atoms with van der Waals surface area (Å²) in [7, 11) is -89.9. The third kappa shape index (κ3) is 65.0. The average Bonchev–Trinajstić information content (AvgIpc) is 0.793. The third-order valence-corrected chi connectivity index (χ3v) is 143. The molecule has 0 atom stereocenters. The molecule has 0 rings (SSSR count). The highest BCUT2D eigenvalue weighted by Gasteiger charge is 2.59. The number of hydrogen-bond donors (Lipinski definition) is 2. The van der Waals surface area contributed by atoms with Crippen molar-refractivity contribution < 1.29 is 128 Å². The maximum absolute atomic E-state index is 7.05. The van der Waals surface area contributed by atoms with Gasteiger partial charge in [0.25, 0.3) is 0 Å². The Morgan fingerprint density at radius 1 is 0.0963 bits per heavy atom. The first kappa shape index (κ1) is 141. The molecule has 0 fully saturated rings. The Labute approximate surface area is 861 Å². The van der Waals surface area contributed by atoms with E-state index in [1.54, 1.807) is 0 Å². The van der Waals surface area contributed by atoms with E-state index in [1.165, 1.54) is 0 Å². The van der Waals surface area contributed by atoms with Crippen LogP contribution in [0.1, 0.15) is 12.8 Å². The van der Waals surface area contributed by atoms with Gasteiger partial charge >= 0.3 is 257 Å². The predicted octanol–water partition coefficient (Wildman–Crippen LogP) is 23.7. The largest absolute Gasteiger partial charge is 0.436 e. The van der Waals surface area contributed by atoms with E-state index in [-0.39, 0.29) is 0 Å². The van der Waals surface area contributed by atoms with Crippen LogP contribution in [0.15, 0.2) is 0 Å². The average molecular weight is 2470 g/mol.